The highest BCUT2D eigenvalue weighted by molar-refractivity contribution is 5.79. The summed E-state index contributed by atoms with van der Waals surface area (Å²) in [7, 11) is 1.62. The van der Waals surface area contributed by atoms with Crippen LogP contribution in [0.15, 0.2) is 41.2 Å². The Hall–Kier alpha value is -3.09. The fraction of sp³-hybridized carbons (Fsp3) is 0.350. The number of hydrogen-bond acceptors (Lipinski definition) is 4. The van der Waals surface area contributed by atoms with Crippen LogP contribution >= 0.6 is 0 Å². The number of carbonyl (C=O) groups excluding carboxylic acids is 1. The SMILES string of the molecule is COc1cccc(CC(=O)N2CC[C@@H](c3cc4nc(C)cc(=O)n4[nH]3)C2)c1. The number of aromatic nitrogens is 3. The third kappa shape index (κ3) is 3.45. The maximum atomic E-state index is 12.7. The first-order chi connectivity index (χ1) is 13.0. The Kier molecular flexibility index (Phi) is 4.43. The summed E-state index contributed by atoms with van der Waals surface area (Å²) in [6.07, 6.45) is 1.22. The first-order valence-corrected chi connectivity index (χ1v) is 9.03. The lowest BCUT2D eigenvalue weighted by molar-refractivity contribution is -0.129. The molecular weight excluding hydrogens is 344 g/mol. The van der Waals surface area contributed by atoms with Crippen LogP contribution in [0, 0.1) is 6.92 Å². The topological polar surface area (TPSA) is 79.7 Å². The van der Waals surface area contributed by atoms with Crippen LogP contribution in [0.1, 0.15) is 29.3 Å². The molecule has 140 valence electrons. The molecule has 0 aliphatic carbocycles. The van der Waals surface area contributed by atoms with Crippen LogP contribution in [0.3, 0.4) is 0 Å². The monoisotopic (exact) mass is 366 g/mol. The molecular formula is C20H22N4O3. The number of rotatable bonds is 4. The lowest BCUT2D eigenvalue weighted by Crippen LogP contribution is -2.29. The third-order valence-electron chi connectivity index (χ3n) is 5.07. The van der Waals surface area contributed by atoms with Gasteiger partial charge in [-0.15, -0.1) is 0 Å². The van der Waals surface area contributed by atoms with Crippen molar-refractivity contribution in [3.05, 3.63) is 63.7 Å². The lowest BCUT2D eigenvalue weighted by Gasteiger charge is -2.16. The Bertz CT molecular complexity index is 1050. The second kappa shape index (κ2) is 6.90. The van der Waals surface area contributed by atoms with Gasteiger partial charge in [0.1, 0.15) is 5.75 Å². The van der Waals surface area contributed by atoms with Gasteiger partial charge in [0.25, 0.3) is 5.56 Å². The molecule has 1 aliphatic heterocycles. The summed E-state index contributed by atoms with van der Waals surface area (Å²) in [5, 5.41) is 3.14. The van der Waals surface area contributed by atoms with Crippen molar-refractivity contribution >= 4 is 11.6 Å². The van der Waals surface area contributed by atoms with Gasteiger partial charge in [0.15, 0.2) is 5.65 Å². The first kappa shape index (κ1) is 17.3. The number of carbonyl (C=O) groups is 1. The van der Waals surface area contributed by atoms with Crippen molar-refractivity contribution < 1.29 is 9.53 Å². The minimum absolute atomic E-state index is 0.105. The zero-order valence-corrected chi connectivity index (χ0v) is 15.4. The first-order valence-electron chi connectivity index (χ1n) is 9.03. The van der Waals surface area contributed by atoms with Gasteiger partial charge in [-0.2, -0.15) is 0 Å². The summed E-state index contributed by atoms with van der Waals surface area (Å²) in [5.74, 6) is 1.04. The van der Waals surface area contributed by atoms with Gasteiger partial charge in [0.05, 0.1) is 13.5 Å². The number of likely N-dealkylation sites (tertiary alicyclic amines) is 1. The summed E-state index contributed by atoms with van der Waals surface area (Å²) >= 11 is 0. The minimum Gasteiger partial charge on any atom is -0.497 e. The van der Waals surface area contributed by atoms with Crippen LogP contribution in [0.4, 0.5) is 0 Å². The molecule has 7 nitrogen and oxygen atoms in total. The predicted octanol–water partition coefficient (Wildman–Crippen LogP) is 1.90. The molecule has 1 aliphatic rings. The van der Waals surface area contributed by atoms with E-state index in [1.54, 1.807) is 7.11 Å². The van der Waals surface area contributed by atoms with Gasteiger partial charge in [-0.05, 0) is 31.0 Å². The number of aromatic amines is 1. The summed E-state index contributed by atoms with van der Waals surface area (Å²) < 4.78 is 6.68. The van der Waals surface area contributed by atoms with Crippen LogP contribution in [0.25, 0.3) is 5.65 Å². The van der Waals surface area contributed by atoms with Gasteiger partial charge in [-0.3, -0.25) is 14.7 Å². The minimum atomic E-state index is -0.118. The number of ether oxygens (including phenoxy) is 1. The van der Waals surface area contributed by atoms with Crippen LogP contribution in [0.2, 0.25) is 0 Å². The fourth-order valence-corrected chi connectivity index (χ4v) is 3.65. The van der Waals surface area contributed by atoms with Crippen molar-refractivity contribution in [3.63, 3.8) is 0 Å². The van der Waals surface area contributed by atoms with Gasteiger partial charge in [0, 0.05) is 42.5 Å². The second-order valence-corrected chi connectivity index (χ2v) is 6.99. The van der Waals surface area contributed by atoms with E-state index in [1.165, 1.54) is 10.6 Å². The quantitative estimate of drug-likeness (QED) is 0.765. The smallest absolute Gasteiger partial charge is 0.272 e. The molecule has 0 radical (unpaired) electrons. The molecule has 3 aromatic rings. The molecule has 1 saturated heterocycles. The molecule has 1 aromatic carbocycles. The molecule has 1 atom stereocenters. The average Bonchev–Trinajstić information content (AvgIpc) is 3.28. The number of fused-ring (bicyclic) bond motifs is 1. The highest BCUT2D eigenvalue weighted by Crippen LogP contribution is 2.27. The maximum absolute atomic E-state index is 12.7. The van der Waals surface area contributed by atoms with Crippen molar-refractivity contribution in [1.29, 1.82) is 0 Å². The Morgan fingerprint density at radius 2 is 2.19 bits per heavy atom. The molecule has 1 fully saturated rings. The van der Waals surface area contributed by atoms with Crippen LogP contribution in [-0.4, -0.2) is 45.6 Å². The molecule has 2 aromatic heterocycles. The van der Waals surface area contributed by atoms with E-state index in [4.69, 9.17) is 4.74 Å². The van der Waals surface area contributed by atoms with E-state index in [1.807, 2.05) is 42.2 Å². The van der Waals surface area contributed by atoms with Crippen molar-refractivity contribution in [3.8, 4) is 5.75 Å². The molecule has 0 saturated carbocycles. The predicted molar refractivity (Wildman–Crippen MR) is 101 cm³/mol. The maximum Gasteiger partial charge on any atom is 0.272 e. The van der Waals surface area contributed by atoms with Crippen LogP contribution in [-0.2, 0) is 11.2 Å². The molecule has 0 unspecified atom stereocenters. The number of nitrogens with one attached hydrogen (secondary N) is 1. The normalized spacial score (nSPS) is 16.8. The van der Waals surface area contributed by atoms with Gasteiger partial charge < -0.3 is 9.64 Å². The Balaban J connectivity index is 1.47. The van der Waals surface area contributed by atoms with Gasteiger partial charge in [-0.25, -0.2) is 9.50 Å². The number of methoxy groups -OCH3 is 1. The lowest BCUT2D eigenvalue weighted by atomic mass is 10.1. The summed E-state index contributed by atoms with van der Waals surface area (Å²) in [4.78, 5) is 31.0. The molecule has 3 heterocycles. The van der Waals surface area contributed by atoms with Gasteiger partial charge >= 0.3 is 0 Å². The molecule has 1 N–H and O–H groups in total. The molecule has 27 heavy (non-hydrogen) atoms. The van der Waals surface area contributed by atoms with Crippen molar-refractivity contribution in [2.45, 2.75) is 25.7 Å². The van der Waals surface area contributed by atoms with E-state index in [2.05, 4.69) is 10.1 Å². The van der Waals surface area contributed by atoms with E-state index in [-0.39, 0.29) is 17.4 Å². The number of aryl methyl sites for hydroxylation is 1. The zero-order chi connectivity index (χ0) is 19.0. The highest BCUT2D eigenvalue weighted by atomic mass is 16.5. The number of amides is 1. The number of nitrogens with zero attached hydrogens (tertiary/aromatic N) is 3. The van der Waals surface area contributed by atoms with E-state index in [0.29, 0.717) is 30.9 Å². The molecule has 0 bridgehead atoms. The van der Waals surface area contributed by atoms with Gasteiger partial charge in [0.2, 0.25) is 5.91 Å². The van der Waals surface area contributed by atoms with E-state index in [9.17, 15) is 9.59 Å². The molecule has 1 amide bonds. The standard InChI is InChI=1S/C20H22N4O3/c1-13-8-20(26)24-18(21-13)11-17(22-24)15-6-7-23(12-15)19(25)10-14-4-3-5-16(9-14)27-2/h3-5,8-9,11,15,22H,6-7,10,12H2,1-2H3/t15-/m1/s1. The third-order valence-corrected chi connectivity index (χ3v) is 5.07. The van der Waals surface area contributed by atoms with Crippen molar-refractivity contribution in [1.82, 2.24) is 19.5 Å². The molecule has 7 heteroatoms. The highest BCUT2D eigenvalue weighted by Gasteiger charge is 2.28. The number of benzene rings is 1. The van der Waals surface area contributed by atoms with Crippen LogP contribution in [0.5, 0.6) is 5.75 Å². The van der Waals surface area contributed by atoms with E-state index < -0.39 is 0 Å². The number of hydrogen-bond donors (Lipinski definition) is 1. The van der Waals surface area contributed by atoms with E-state index >= 15 is 0 Å². The fourth-order valence-electron chi connectivity index (χ4n) is 3.65. The average molecular weight is 366 g/mol. The summed E-state index contributed by atoms with van der Waals surface area (Å²) in [6, 6.07) is 11.0. The van der Waals surface area contributed by atoms with E-state index in [0.717, 1.165) is 23.4 Å². The largest absolute Gasteiger partial charge is 0.497 e. The van der Waals surface area contributed by atoms with Crippen molar-refractivity contribution in [2.24, 2.45) is 0 Å². The second-order valence-electron chi connectivity index (χ2n) is 6.99. The molecule has 4 rings (SSSR count). The summed E-state index contributed by atoms with van der Waals surface area (Å²) in [5.41, 5.74) is 3.09. The zero-order valence-electron chi connectivity index (χ0n) is 15.4. The number of H-pyrrole nitrogens is 1. The Morgan fingerprint density at radius 1 is 1.33 bits per heavy atom. The summed E-state index contributed by atoms with van der Waals surface area (Å²) in [6.45, 7) is 3.16. The Labute approximate surface area is 156 Å². The van der Waals surface area contributed by atoms with Crippen LogP contribution < -0.4 is 10.3 Å². The Morgan fingerprint density at radius 3 is 3.00 bits per heavy atom. The van der Waals surface area contributed by atoms with Gasteiger partial charge in [-0.1, -0.05) is 12.1 Å². The molecule has 0 spiro atoms. The van der Waals surface area contributed by atoms with Crippen molar-refractivity contribution in [2.75, 3.05) is 20.2 Å².